The van der Waals surface area contributed by atoms with Crippen LogP contribution in [0.25, 0.3) is 0 Å². The van der Waals surface area contributed by atoms with E-state index in [9.17, 15) is 5.11 Å². The molecule has 7 atom stereocenters. The van der Waals surface area contributed by atoms with Gasteiger partial charge in [0.2, 0.25) is 0 Å². The molecule has 0 aromatic heterocycles. The summed E-state index contributed by atoms with van der Waals surface area (Å²) < 4.78 is 19.1. The molecule has 0 radical (unpaired) electrons. The molecule has 5 heteroatoms. The van der Waals surface area contributed by atoms with E-state index in [0.717, 1.165) is 50.1 Å². The lowest BCUT2D eigenvalue weighted by atomic mass is 9.36. The van der Waals surface area contributed by atoms with E-state index in [-0.39, 0.29) is 22.9 Å². The first-order valence-corrected chi connectivity index (χ1v) is 11.9. The zero-order valence-electron chi connectivity index (χ0n) is 19.4. The number of likely N-dealkylation sites (tertiary alicyclic amines) is 1. The summed E-state index contributed by atoms with van der Waals surface area (Å²) >= 11 is 0. The highest BCUT2D eigenvalue weighted by Crippen LogP contribution is 2.75. The van der Waals surface area contributed by atoms with Crippen LogP contribution in [-0.4, -0.2) is 61.2 Å². The number of nitrogens with zero attached hydrogens (tertiary/aromatic N) is 1. The average molecular weight is 426 g/mol. The lowest BCUT2D eigenvalue weighted by Gasteiger charge is -2.72. The van der Waals surface area contributed by atoms with Crippen molar-refractivity contribution in [1.29, 1.82) is 0 Å². The Morgan fingerprint density at radius 1 is 1.29 bits per heavy atom. The third-order valence-corrected chi connectivity index (χ3v) is 9.78. The van der Waals surface area contributed by atoms with Crippen LogP contribution in [0.3, 0.4) is 0 Å². The molecule has 1 saturated carbocycles. The number of likely N-dealkylation sites (N-methyl/N-ethyl adjacent to an activating group) is 1. The minimum absolute atomic E-state index is 0.0241. The molecule has 4 bridgehead atoms. The normalized spacial score (nSPS) is 43.4. The van der Waals surface area contributed by atoms with Gasteiger partial charge in [-0.25, -0.2) is 0 Å². The molecule has 2 fully saturated rings. The van der Waals surface area contributed by atoms with Gasteiger partial charge in [0.25, 0.3) is 0 Å². The van der Waals surface area contributed by atoms with Gasteiger partial charge in [-0.05, 0) is 57.8 Å². The summed E-state index contributed by atoms with van der Waals surface area (Å²) in [5.41, 5.74) is 1.08. The summed E-state index contributed by atoms with van der Waals surface area (Å²) in [6.45, 7) is 5.20. The fraction of sp³-hybridized carbons (Fsp3) is 0.692. The van der Waals surface area contributed by atoms with Crippen molar-refractivity contribution in [2.24, 2.45) is 11.3 Å². The van der Waals surface area contributed by atoms with Crippen molar-refractivity contribution < 1.29 is 19.3 Å². The van der Waals surface area contributed by atoms with Crippen LogP contribution in [0.4, 0.5) is 0 Å². The van der Waals surface area contributed by atoms with Crippen molar-refractivity contribution in [3.05, 3.63) is 35.4 Å². The summed E-state index contributed by atoms with van der Waals surface area (Å²) in [4.78, 5) is 2.55. The third-order valence-electron chi connectivity index (χ3n) is 9.78. The van der Waals surface area contributed by atoms with Crippen molar-refractivity contribution in [2.75, 3.05) is 27.8 Å². The van der Waals surface area contributed by atoms with E-state index in [1.165, 1.54) is 11.1 Å². The molecule has 4 aliphatic carbocycles. The molecule has 31 heavy (non-hydrogen) atoms. The fourth-order valence-corrected chi connectivity index (χ4v) is 8.59. The molecular weight excluding hydrogens is 390 g/mol. The van der Waals surface area contributed by atoms with Crippen molar-refractivity contribution in [1.82, 2.24) is 4.90 Å². The smallest absolute Gasteiger partial charge is 0.166 e. The summed E-state index contributed by atoms with van der Waals surface area (Å²) in [7, 11) is 5.80. The molecule has 2 spiro atoms. The van der Waals surface area contributed by atoms with Gasteiger partial charge in [-0.2, -0.15) is 0 Å². The Morgan fingerprint density at radius 2 is 2.10 bits per heavy atom. The molecule has 1 saturated heterocycles. The van der Waals surface area contributed by atoms with E-state index < -0.39 is 11.2 Å². The first-order chi connectivity index (χ1) is 14.8. The Labute approximate surface area is 185 Å². The fourth-order valence-electron chi connectivity index (χ4n) is 8.59. The predicted octanol–water partition coefficient (Wildman–Crippen LogP) is 3.47. The van der Waals surface area contributed by atoms with E-state index in [2.05, 4.69) is 43.2 Å². The van der Waals surface area contributed by atoms with Gasteiger partial charge in [0.05, 0.1) is 18.1 Å². The number of hydrogen-bond donors (Lipinski definition) is 1. The van der Waals surface area contributed by atoms with Crippen LogP contribution in [0.5, 0.6) is 11.5 Å². The second-order valence-corrected chi connectivity index (χ2v) is 10.8. The topological polar surface area (TPSA) is 51.2 Å². The highest BCUT2D eigenvalue weighted by atomic mass is 16.6. The molecule has 6 aliphatic rings. The molecule has 2 aliphatic heterocycles. The Balaban J connectivity index is 1.66. The van der Waals surface area contributed by atoms with Crippen LogP contribution in [0, 0.1) is 11.3 Å². The van der Waals surface area contributed by atoms with Crippen molar-refractivity contribution in [3.63, 3.8) is 0 Å². The maximum Gasteiger partial charge on any atom is 0.166 e. The molecule has 1 aromatic rings. The standard InChI is InChI=1S/C26H35NO4/c1-6-9-23(2,28)18-15-24-10-11-26(18,30-5)22-25(24)12-13-27(3)19(24)14-16-7-8-17(29-4)21(31-22)20(16)25/h7-8,10-11,18-19,22,28H,6,9,12-15H2,1-5H3/t18-,19-,22+,23-,24-,25+,26-/m1/s1. The van der Waals surface area contributed by atoms with Gasteiger partial charge in [0.15, 0.2) is 11.5 Å². The van der Waals surface area contributed by atoms with Crippen LogP contribution in [0.15, 0.2) is 24.3 Å². The van der Waals surface area contributed by atoms with Gasteiger partial charge in [-0.1, -0.05) is 31.6 Å². The molecule has 1 N–H and O–H groups in total. The van der Waals surface area contributed by atoms with Crippen LogP contribution >= 0.6 is 0 Å². The molecule has 0 amide bonds. The lowest BCUT2D eigenvalue weighted by Crippen LogP contribution is -2.80. The monoisotopic (exact) mass is 425 g/mol. The van der Waals surface area contributed by atoms with E-state index in [0.29, 0.717) is 6.04 Å². The van der Waals surface area contributed by atoms with E-state index >= 15 is 0 Å². The highest BCUT2D eigenvalue weighted by molar-refractivity contribution is 5.65. The number of methoxy groups -OCH3 is 2. The minimum Gasteiger partial charge on any atom is -0.493 e. The van der Waals surface area contributed by atoms with E-state index in [1.54, 1.807) is 14.2 Å². The number of benzene rings is 1. The van der Waals surface area contributed by atoms with Gasteiger partial charge < -0.3 is 24.2 Å². The quantitative estimate of drug-likeness (QED) is 0.732. The number of hydrogen-bond acceptors (Lipinski definition) is 5. The Hall–Kier alpha value is -1.56. The average Bonchev–Trinajstić information content (AvgIpc) is 3.13. The maximum atomic E-state index is 11.7. The molecule has 168 valence electrons. The molecule has 7 rings (SSSR count). The number of fused-ring (bicyclic) bond motifs is 1. The molecule has 5 nitrogen and oxygen atoms in total. The maximum absolute atomic E-state index is 11.7. The summed E-state index contributed by atoms with van der Waals surface area (Å²) in [5.74, 6) is 1.71. The van der Waals surface area contributed by atoms with Crippen molar-refractivity contribution in [2.45, 2.75) is 74.7 Å². The Morgan fingerprint density at radius 3 is 2.81 bits per heavy atom. The van der Waals surface area contributed by atoms with Gasteiger partial charge in [0.1, 0.15) is 11.7 Å². The first-order valence-electron chi connectivity index (χ1n) is 11.9. The Bertz CT molecular complexity index is 972. The number of rotatable bonds is 5. The minimum atomic E-state index is -0.820. The largest absolute Gasteiger partial charge is 0.493 e. The SMILES string of the molecule is CCC[C@@](C)(O)[C@H]1C[C@@]23C=C[C@]1(OC)[C@H]1Oc4c(OC)ccc5c4[C@@]12CCN(C)[C@@H]3C5. The number of aliphatic hydroxyl groups is 1. The number of piperidine rings is 1. The van der Waals surface area contributed by atoms with Gasteiger partial charge in [-0.15, -0.1) is 0 Å². The lowest BCUT2D eigenvalue weighted by molar-refractivity contribution is -0.247. The first kappa shape index (κ1) is 20.1. The third kappa shape index (κ3) is 2.01. The molecule has 1 aromatic carbocycles. The summed E-state index contributed by atoms with van der Waals surface area (Å²) in [6, 6.07) is 4.71. The molecule has 2 heterocycles. The summed E-state index contributed by atoms with van der Waals surface area (Å²) in [5, 5.41) is 11.7. The van der Waals surface area contributed by atoms with Gasteiger partial charge in [0, 0.05) is 30.0 Å². The van der Waals surface area contributed by atoms with E-state index in [1.807, 2.05) is 6.92 Å². The van der Waals surface area contributed by atoms with Crippen LogP contribution < -0.4 is 9.47 Å². The molecular formula is C26H35NO4. The van der Waals surface area contributed by atoms with Crippen LogP contribution in [-0.2, 0) is 16.6 Å². The van der Waals surface area contributed by atoms with Crippen LogP contribution in [0.1, 0.15) is 50.7 Å². The second kappa shape index (κ2) is 6.06. The van der Waals surface area contributed by atoms with Crippen LogP contribution in [0.2, 0.25) is 0 Å². The zero-order valence-corrected chi connectivity index (χ0v) is 19.4. The zero-order chi connectivity index (χ0) is 21.8. The van der Waals surface area contributed by atoms with Gasteiger partial charge in [-0.3, -0.25) is 0 Å². The predicted molar refractivity (Wildman–Crippen MR) is 119 cm³/mol. The van der Waals surface area contributed by atoms with Crippen molar-refractivity contribution >= 4 is 0 Å². The van der Waals surface area contributed by atoms with E-state index in [4.69, 9.17) is 14.2 Å². The van der Waals surface area contributed by atoms with Crippen molar-refractivity contribution in [3.8, 4) is 11.5 Å². The Kier molecular flexibility index (Phi) is 3.93. The highest BCUT2D eigenvalue weighted by Gasteiger charge is 2.80. The molecule has 0 unspecified atom stereocenters. The van der Waals surface area contributed by atoms with Gasteiger partial charge >= 0.3 is 0 Å². The second-order valence-electron chi connectivity index (χ2n) is 10.8. The number of ether oxygens (including phenoxy) is 3. The summed E-state index contributed by atoms with van der Waals surface area (Å²) in [6.07, 6.45) is 9.25.